The lowest BCUT2D eigenvalue weighted by molar-refractivity contribution is 0.0471. The Balaban J connectivity index is 1.68. The van der Waals surface area contributed by atoms with Gasteiger partial charge in [-0.25, -0.2) is 18.2 Å². The SMILES string of the molecule is CN(c1ccccc1C(=O)OCc1nc2ccccc2c2ccccc12)S(C)(=O)=O. The molecule has 0 spiro atoms. The lowest BCUT2D eigenvalue weighted by Gasteiger charge is -2.19. The minimum absolute atomic E-state index is 0.0267. The van der Waals surface area contributed by atoms with E-state index in [-0.39, 0.29) is 17.9 Å². The fourth-order valence-corrected chi connectivity index (χ4v) is 3.91. The number of nitrogens with zero attached hydrogens (tertiary/aromatic N) is 2. The molecule has 6 nitrogen and oxygen atoms in total. The number of ether oxygens (including phenoxy) is 1. The van der Waals surface area contributed by atoms with Crippen LogP contribution in [0.2, 0.25) is 0 Å². The zero-order valence-electron chi connectivity index (χ0n) is 16.6. The first-order valence-electron chi connectivity index (χ1n) is 9.32. The second kappa shape index (κ2) is 7.76. The van der Waals surface area contributed by atoms with Crippen LogP contribution in [0.25, 0.3) is 21.7 Å². The largest absolute Gasteiger partial charge is 0.455 e. The zero-order valence-corrected chi connectivity index (χ0v) is 17.4. The second-order valence-corrected chi connectivity index (χ2v) is 8.96. The van der Waals surface area contributed by atoms with E-state index in [1.165, 1.54) is 7.05 Å². The monoisotopic (exact) mass is 420 g/mol. The minimum Gasteiger partial charge on any atom is -0.455 e. The van der Waals surface area contributed by atoms with E-state index in [4.69, 9.17) is 4.74 Å². The van der Waals surface area contributed by atoms with Gasteiger partial charge in [0.1, 0.15) is 6.61 Å². The quantitative estimate of drug-likeness (QED) is 0.358. The molecular formula is C23H20N2O4S. The van der Waals surface area contributed by atoms with Gasteiger partial charge in [-0.15, -0.1) is 0 Å². The molecule has 0 unspecified atom stereocenters. The van der Waals surface area contributed by atoms with Crippen molar-refractivity contribution < 1.29 is 17.9 Å². The molecule has 0 aliphatic rings. The van der Waals surface area contributed by atoms with Crippen LogP contribution in [0.4, 0.5) is 5.69 Å². The number of hydrogen-bond donors (Lipinski definition) is 0. The number of benzene rings is 3. The highest BCUT2D eigenvalue weighted by atomic mass is 32.2. The van der Waals surface area contributed by atoms with Crippen molar-refractivity contribution in [2.24, 2.45) is 0 Å². The maximum atomic E-state index is 12.8. The van der Waals surface area contributed by atoms with Crippen LogP contribution in [0.3, 0.4) is 0 Å². The fraction of sp³-hybridized carbons (Fsp3) is 0.130. The Hall–Kier alpha value is -3.45. The smallest absolute Gasteiger partial charge is 0.340 e. The van der Waals surface area contributed by atoms with Gasteiger partial charge >= 0.3 is 5.97 Å². The Bertz CT molecular complexity index is 1370. The van der Waals surface area contributed by atoms with E-state index in [1.807, 2.05) is 48.5 Å². The number of sulfonamides is 1. The van der Waals surface area contributed by atoms with Crippen molar-refractivity contribution in [3.05, 3.63) is 84.1 Å². The van der Waals surface area contributed by atoms with Crippen LogP contribution in [-0.2, 0) is 21.4 Å². The van der Waals surface area contributed by atoms with Crippen LogP contribution in [0, 0.1) is 0 Å². The molecule has 1 heterocycles. The van der Waals surface area contributed by atoms with Crippen LogP contribution in [0.1, 0.15) is 16.1 Å². The summed E-state index contributed by atoms with van der Waals surface area (Å²) < 4.78 is 30.5. The van der Waals surface area contributed by atoms with E-state index in [0.717, 1.165) is 32.2 Å². The molecule has 0 N–H and O–H groups in total. The van der Waals surface area contributed by atoms with Gasteiger partial charge in [-0.3, -0.25) is 4.31 Å². The Kier molecular flexibility index (Phi) is 5.13. The molecule has 0 aliphatic heterocycles. The van der Waals surface area contributed by atoms with E-state index >= 15 is 0 Å². The normalized spacial score (nSPS) is 11.5. The van der Waals surface area contributed by atoms with Crippen LogP contribution < -0.4 is 4.31 Å². The number of carbonyl (C=O) groups excluding carboxylic acids is 1. The molecule has 0 saturated carbocycles. The number of pyridine rings is 1. The maximum Gasteiger partial charge on any atom is 0.340 e. The highest BCUT2D eigenvalue weighted by Crippen LogP contribution is 2.27. The molecule has 0 saturated heterocycles. The number of hydrogen-bond acceptors (Lipinski definition) is 5. The first-order valence-corrected chi connectivity index (χ1v) is 11.2. The lowest BCUT2D eigenvalue weighted by Crippen LogP contribution is -2.27. The maximum absolute atomic E-state index is 12.8. The van der Waals surface area contributed by atoms with Crippen LogP contribution in [0.15, 0.2) is 72.8 Å². The van der Waals surface area contributed by atoms with Gasteiger partial charge in [-0.2, -0.15) is 0 Å². The second-order valence-electron chi connectivity index (χ2n) is 6.95. The number of fused-ring (bicyclic) bond motifs is 3. The summed E-state index contributed by atoms with van der Waals surface area (Å²) in [5.41, 5.74) is 1.91. The van der Waals surface area contributed by atoms with E-state index in [1.54, 1.807) is 24.3 Å². The number of carbonyl (C=O) groups is 1. The summed E-state index contributed by atoms with van der Waals surface area (Å²) in [5, 5.41) is 2.97. The third kappa shape index (κ3) is 3.71. The van der Waals surface area contributed by atoms with Crippen molar-refractivity contribution in [2.75, 3.05) is 17.6 Å². The predicted molar refractivity (Wildman–Crippen MR) is 118 cm³/mol. The van der Waals surface area contributed by atoms with Gasteiger partial charge in [-0.1, -0.05) is 54.6 Å². The number of esters is 1. The topological polar surface area (TPSA) is 76.6 Å². The third-order valence-electron chi connectivity index (χ3n) is 4.99. The summed E-state index contributed by atoms with van der Waals surface area (Å²) in [6, 6.07) is 22.1. The molecule has 0 aliphatic carbocycles. The zero-order chi connectivity index (χ0) is 21.3. The van der Waals surface area contributed by atoms with Crippen LogP contribution in [-0.4, -0.2) is 32.7 Å². The molecule has 1 aromatic heterocycles. The molecule has 152 valence electrons. The van der Waals surface area contributed by atoms with Crippen molar-refractivity contribution >= 4 is 43.4 Å². The van der Waals surface area contributed by atoms with E-state index in [2.05, 4.69) is 4.98 Å². The van der Waals surface area contributed by atoms with Gasteiger partial charge in [0, 0.05) is 17.8 Å². The van der Waals surface area contributed by atoms with E-state index in [0.29, 0.717) is 5.69 Å². The predicted octanol–water partition coefficient (Wildman–Crippen LogP) is 4.14. The molecule has 4 aromatic rings. The van der Waals surface area contributed by atoms with E-state index in [9.17, 15) is 13.2 Å². The van der Waals surface area contributed by atoms with Crippen LogP contribution >= 0.6 is 0 Å². The molecule has 0 fully saturated rings. The summed E-state index contributed by atoms with van der Waals surface area (Å²) in [5.74, 6) is -0.611. The number of rotatable bonds is 5. The molecule has 0 bridgehead atoms. The summed E-state index contributed by atoms with van der Waals surface area (Å²) >= 11 is 0. The van der Waals surface area contributed by atoms with Crippen LogP contribution in [0.5, 0.6) is 0 Å². The Morgan fingerprint density at radius 2 is 1.50 bits per heavy atom. The highest BCUT2D eigenvalue weighted by Gasteiger charge is 2.21. The van der Waals surface area contributed by atoms with Gasteiger partial charge in [0.05, 0.1) is 28.7 Å². The molecule has 0 atom stereocenters. The molecule has 4 rings (SSSR count). The first-order chi connectivity index (χ1) is 14.4. The van der Waals surface area contributed by atoms with Crippen molar-refractivity contribution in [2.45, 2.75) is 6.61 Å². The van der Waals surface area contributed by atoms with Gasteiger partial charge in [-0.05, 0) is 23.6 Å². The van der Waals surface area contributed by atoms with E-state index < -0.39 is 16.0 Å². The summed E-state index contributed by atoms with van der Waals surface area (Å²) in [7, 11) is -2.12. The molecule has 0 amide bonds. The standard InChI is InChI=1S/C23H20N2O4S/c1-25(30(2,27)28)22-14-8-6-12-19(22)23(26)29-15-21-18-11-4-3-9-16(18)17-10-5-7-13-20(17)24-21/h3-14H,15H2,1-2H3. The van der Waals surface area contributed by atoms with Crippen molar-refractivity contribution in [1.29, 1.82) is 0 Å². The first kappa shape index (κ1) is 19.8. The summed E-state index contributed by atoms with van der Waals surface area (Å²) in [6.07, 6.45) is 1.08. The Morgan fingerprint density at radius 3 is 2.23 bits per heavy atom. The lowest BCUT2D eigenvalue weighted by atomic mass is 10.0. The molecule has 0 radical (unpaired) electrons. The Labute approximate surface area is 174 Å². The molecule has 30 heavy (non-hydrogen) atoms. The number of para-hydroxylation sites is 2. The summed E-state index contributed by atoms with van der Waals surface area (Å²) in [4.78, 5) is 17.5. The van der Waals surface area contributed by atoms with Gasteiger partial charge in [0.2, 0.25) is 10.0 Å². The number of anilines is 1. The Morgan fingerprint density at radius 1 is 0.900 bits per heavy atom. The minimum atomic E-state index is -3.52. The molecule has 7 heteroatoms. The fourth-order valence-electron chi connectivity index (χ4n) is 3.40. The van der Waals surface area contributed by atoms with Gasteiger partial charge < -0.3 is 4.74 Å². The van der Waals surface area contributed by atoms with Crippen molar-refractivity contribution in [1.82, 2.24) is 4.98 Å². The highest BCUT2D eigenvalue weighted by molar-refractivity contribution is 7.92. The van der Waals surface area contributed by atoms with Gasteiger partial charge in [0.25, 0.3) is 0 Å². The number of aromatic nitrogens is 1. The van der Waals surface area contributed by atoms with Crippen molar-refractivity contribution in [3.8, 4) is 0 Å². The average Bonchev–Trinajstić information content (AvgIpc) is 2.76. The molecular weight excluding hydrogens is 400 g/mol. The van der Waals surface area contributed by atoms with Gasteiger partial charge in [0.15, 0.2) is 0 Å². The average molecular weight is 420 g/mol. The third-order valence-corrected chi connectivity index (χ3v) is 6.18. The summed E-state index contributed by atoms with van der Waals surface area (Å²) in [6.45, 7) is -0.0267. The molecule has 3 aromatic carbocycles. The van der Waals surface area contributed by atoms with Crippen molar-refractivity contribution in [3.63, 3.8) is 0 Å².